The van der Waals surface area contributed by atoms with E-state index in [1.54, 1.807) is 12.1 Å². The van der Waals surface area contributed by atoms with Crippen LogP contribution in [0.25, 0.3) is 11.0 Å². The van der Waals surface area contributed by atoms with Gasteiger partial charge in [0.2, 0.25) is 11.9 Å². The fraction of sp³-hybridized carbons (Fsp3) is 0.105. The second kappa shape index (κ2) is 8.52. The van der Waals surface area contributed by atoms with Crippen molar-refractivity contribution in [1.82, 2.24) is 15.0 Å². The van der Waals surface area contributed by atoms with Gasteiger partial charge in [-0.15, -0.1) is 11.3 Å². The smallest absolute Gasteiger partial charge is 0.430 e. The van der Waals surface area contributed by atoms with Crippen LogP contribution < -0.4 is 9.46 Å². The number of alkyl halides is 3. The highest BCUT2D eigenvalue weighted by Gasteiger charge is 2.45. The van der Waals surface area contributed by atoms with E-state index in [0.717, 1.165) is 17.5 Å². The van der Waals surface area contributed by atoms with Crippen molar-refractivity contribution in [3.63, 3.8) is 0 Å². The fourth-order valence-corrected chi connectivity index (χ4v) is 4.92. The predicted octanol–water partition coefficient (Wildman–Crippen LogP) is 5.22. The van der Waals surface area contributed by atoms with E-state index in [2.05, 4.69) is 19.7 Å². The third-order valence-corrected chi connectivity index (χ3v) is 6.79. The zero-order valence-electron chi connectivity index (χ0n) is 15.7. The van der Waals surface area contributed by atoms with Crippen molar-refractivity contribution in [1.29, 1.82) is 0 Å². The molecule has 1 N–H and O–H groups in total. The molecule has 2 heterocycles. The zero-order valence-corrected chi connectivity index (χ0v) is 18.1. The number of hydrogen-bond acceptors (Lipinski definition) is 7. The Bertz CT molecular complexity index is 1370. The normalized spacial score (nSPS) is 13.1. The van der Waals surface area contributed by atoms with Gasteiger partial charge in [0.1, 0.15) is 4.90 Å². The number of hydrogen-bond donors (Lipinski definition) is 1. The van der Waals surface area contributed by atoms with Crippen LogP contribution >= 0.6 is 22.9 Å². The van der Waals surface area contributed by atoms with Crippen LogP contribution in [0.2, 0.25) is 5.02 Å². The van der Waals surface area contributed by atoms with Crippen LogP contribution in [-0.4, -0.2) is 29.5 Å². The molecule has 2 aromatic carbocycles. The molecule has 166 valence electrons. The summed E-state index contributed by atoms with van der Waals surface area (Å²) in [6.07, 6.45) is -6.22. The number of sulfonamides is 1. The number of nitrogens with one attached hydrogen (secondary N) is 1. The lowest BCUT2D eigenvalue weighted by Gasteiger charge is -2.21. The molecular weight excluding hydrogens is 489 g/mol. The maximum Gasteiger partial charge on any atom is 0.430 e. The van der Waals surface area contributed by atoms with E-state index in [0.29, 0.717) is 0 Å². The van der Waals surface area contributed by atoms with Crippen LogP contribution in [0.15, 0.2) is 65.1 Å². The molecule has 1 unspecified atom stereocenters. The highest BCUT2D eigenvalue weighted by molar-refractivity contribution is 7.92. The minimum absolute atomic E-state index is 0.0750. The zero-order chi connectivity index (χ0) is 22.9. The van der Waals surface area contributed by atoms with Gasteiger partial charge in [-0.2, -0.15) is 13.2 Å². The molecule has 1 atom stereocenters. The number of aromatic nitrogens is 3. The lowest BCUT2D eigenvalue weighted by atomic mass is 10.3. The van der Waals surface area contributed by atoms with E-state index >= 15 is 0 Å². The highest BCUT2D eigenvalue weighted by atomic mass is 35.5. The van der Waals surface area contributed by atoms with E-state index < -0.39 is 34.0 Å². The SMILES string of the molecule is O=S(=O)(Nc1nc2ccccc2nc1OC(c1cncs1)C(F)(F)F)c1ccccc1Cl. The first-order chi connectivity index (χ1) is 15.1. The van der Waals surface area contributed by atoms with Crippen molar-refractivity contribution in [2.75, 3.05) is 4.72 Å². The molecular formula is C19H12ClF3N4O3S2. The van der Waals surface area contributed by atoms with E-state index in [9.17, 15) is 21.6 Å². The number of nitrogens with zero attached hydrogens (tertiary/aromatic N) is 3. The maximum absolute atomic E-state index is 13.7. The van der Waals surface area contributed by atoms with E-state index in [1.807, 2.05) is 0 Å². The molecule has 0 radical (unpaired) electrons. The van der Waals surface area contributed by atoms with Gasteiger partial charge in [-0.05, 0) is 24.3 Å². The largest absolute Gasteiger partial charge is 0.456 e. The Balaban J connectivity index is 1.82. The van der Waals surface area contributed by atoms with Gasteiger partial charge in [-0.3, -0.25) is 9.71 Å². The summed E-state index contributed by atoms with van der Waals surface area (Å²) in [5, 5.41) is -0.0750. The average molecular weight is 501 g/mol. The monoisotopic (exact) mass is 500 g/mol. The highest BCUT2D eigenvalue weighted by Crippen LogP contribution is 2.40. The van der Waals surface area contributed by atoms with Crippen molar-refractivity contribution in [3.05, 3.63) is 70.1 Å². The Morgan fingerprint density at radius 1 is 1.03 bits per heavy atom. The number of halogens is 4. The Morgan fingerprint density at radius 3 is 2.31 bits per heavy atom. The summed E-state index contributed by atoms with van der Waals surface area (Å²) < 4.78 is 74.2. The molecule has 0 saturated heterocycles. The summed E-state index contributed by atoms with van der Waals surface area (Å²) >= 11 is 6.72. The fourth-order valence-electron chi connectivity index (χ4n) is 2.73. The standard InChI is InChI=1S/C19H12ClF3N4O3S2/c20-11-5-1-4-8-15(11)32(28,29)27-17-18(26-13-7-3-2-6-12(13)25-17)30-16(19(21,22)23)14-9-24-10-31-14/h1-10,16H,(H,25,27). The molecule has 0 fully saturated rings. The molecule has 0 amide bonds. The molecule has 13 heteroatoms. The van der Waals surface area contributed by atoms with Crippen LogP contribution in [0.5, 0.6) is 5.88 Å². The Hall–Kier alpha value is -2.96. The molecule has 32 heavy (non-hydrogen) atoms. The number of benzene rings is 2. The van der Waals surface area contributed by atoms with Gasteiger partial charge in [-0.1, -0.05) is 35.9 Å². The van der Waals surface area contributed by atoms with Crippen LogP contribution in [0.4, 0.5) is 19.0 Å². The van der Waals surface area contributed by atoms with Gasteiger partial charge in [0, 0.05) is 6.20 Å². The second-order valence-electron chi connectivity index (χ2n) is 6.35. The van der Waals surface area contributed by atoms with E-state index in [4.69, 9.17) is 16.3 Å². The van der Waals surface area contributed by atoms with E-state index in [-0.39, 0.29) is 25.8 Å². The lowest BCUT2D eigenvalue weighted by Crippen LogP contribution is -2.26. The van der Waals surface area contributed by atoms with Crippen LogP contribution in [-0.2, 0) is 10.0 Å². The second-order valence-corrected chi connectivity index (χ2v) is 9.32. The molecule has 2 aromatic heterocycles. The number of thiazole rings is 1. The Kier molecular flexibility index (Phi) is 5.93. The van der Waals surface area contributed by atoms with Gasteiger partial charge in [0.25, 0.3) is 15.9 Å². The summed E-state index contributed by atoms with van der Waals surface area (Å²) in [4.78, 5) is 11.4. The molecule has 0 aliphatic rings. The third-order valence-electron chi connectivity index (χ3n) is 4.13. The number of fused-ring (bicyclic) bond motifs is 1. The molecule has 0 aliphatic heterocycles. The third kappa shape index (κ3) is 4.61. The number of rotatable bonds is 6. The summed E-state index contributed by atoms with van der Waals surface area (Å²) in [5.74, 6) is -1.16. The summed E-state index contributed by atoms with van der Waals surface area (Å²) in [6.45, 7) is 0. The predicted molar refractivity (Wildman–Crippen MR) is 113 cm³/mol. The quantitative estimate of drug-likeness (QED) is 0.390. The number of para-hydroxylation sites is 2. The van der Waals surface area contributed by atoms with Gasteiger partial charge < -0.3 is 4.74 Å². The van der Waals surface area contributed by atoms with Gasteiger partial charge in [0.15, 0.2) is 0 Å². The molecule has 0 saturated carbocycles. The van der Waals surface area contributed by atoms with Crippen molar-refractivity contribution in [2.45, 2.75) is 17.2 Å². The summed E-state index contributed by atoms with van der Waals surface area (Å²) in [7, 11) is -4.32. The van der Waals surface area contributed by atoms with Crippen molar-refractivity contribution in [2.24, 2.45) is 0 Å². The minimum atomic E-state index is -4.82. The average Bonchev–Trinajstić information content (AvgIpc) is 3.25. The minimum Gasteiger partial charge on any atom is -0.456 e. The first-order valence-electron chi connectivity index (χ1n) is 8.81. The maximum atomic E-state index is 13.7. The molecule has 4 rings (SSSR count). The van der Waals surface area contributed by atoms with Gasteiger partial charge in [0.05, 0.1) is 26.4 Å². The van der Waals surface area contributed by atoms with Crippen LogP contribution in [0.1, 0.15) is 11.0 Å². The van der Waals surface area contributed by atoms with Crippen molar-refractivity contribution in [3.8, 4) is 5.88 Å². The van der Waals surface area contributed by atoms with E-state index in [1.165, 1.54) is 41.9 Å². The summed E-state index contributed by atoms with van der Waals surface area (Å²) in [5.41, 5.74) is 1.69. The molecule has 0 bridgehead atoms. The van der Waals surface area contributed by atoms with Crippen molar-refractivity contribution >= 4 is 49.8 Å². The summed E-state index contributed by atoms with van der Waals surface area (Å²) in [6, 6.07) is 11.9. The lowest BCUT2D eigenvalue weighted by molar-refractivity contribution is -0.197. The Morgan fingerprint density at radius 2 is 1.69 bits per heavy atom. The first-order valence-corrected chi connectivity index (χ1v) is 11.5. The molecule has 4 aromatic rings. The van der Waals surface area contributed by atoms with Crippen LogP contribution in [0, 0.1) is 0 Å². The number of ether oxygens (including phenoxy) is 1. The van der Waals surface area contributed by atoms with Gasteiger partial charge in [-0.25, -0.2) is 18.4 Å². The van der Waals surface area contributed by atoms with Crippen molar-refractivity contribution < 1.29 is 26.3 Å². The molecule has 0 spiro atoms. The molecule has 0 aliphatic carbocycles. The van der Waals surface area contributed by atoms with Gasteiger partial charge >= 0.3 is 6.18 Å². The first kappa shape index (κ1) is 22.2. The molecule has 7 nitrogen and oxygen atoms in total. The number of anilines is 1. The topological polar surface area (TPSA) is 94.1 Å². The Labute approximate surface area is 188 Å². The van der Waals surface area contributed by atoms with Crippen LogP contribution in [0.3, 0.4) is 0 Å².